The summed E-state index contributed by atoms with van der Waals surface area (Å²) in [5.74, 6) is 0.889. The van der Waals surface area contributed by atoms with Gasteiger partial charge >= 0.3 is 5.97 Å². The highest BCUT2D eigenvalue weighted by Gasteiger charge is 2.37. The monoisotopic (exact) mass is 415 g/mol. The van der Waals surface area contributed by atoms with E-state index in [2.05, 4.69) is 0 Å². The molecule has 2 aliphatic heterocycles. The Bertz CT molecular complexity index is 1130. The van der Waals surface area contributed by atoms with Gasteiger partial charge in [-0.05, 0) is 37.3 Å². The number of para-hydroxylation sites is 2. The van der Waals surface area contributed by atoms with Crippen LogP contribution in [0.3, 0.4) is 0 Å². The van der Waals surface area contributed by atoms with Crippen LogP contribution in [-0.2, 0) is 9.53 Å². The van der Waals surface area contributed by atoms with Gasteiger partial charge in [0, 0.05) is 11.1 Å². The van der Waals surface area contributed by atoms with E-state index in [9.17, 15) is 9.59 Å². The number of carbonyl (C=O) groups is 2. The van der Waals surface area contributed by atoms with Gasteiger partial charge in [-0.25, -0.2) is 4.79 Å². The maximum Gasteiger partial charge on any atom is 0.338 e. The van der Waals surface area contributed by atoms with Gasteiger partial charge in [0.1, 0.15) is 23.9 Å². The van der Waals surface area contributed by atoms with E-state index in [1.54, 1.807) is 30.0 Å². The second-order valence-corrected chi connectivity index (χ2v) is 7.35. The number of hydrogen-bond acceptors (Lipinski definition) is 5. The van der Waals surface area contributed by atoms with Gasteiger partial charge < -0.3 is 19.1 Å². The Morgan fingerprint density at radius 3 is 2.32 bits per heavy atom. The predicted molar refractivity (Wildman–Crippen MR) is 115 cm³/mol. The fourth-order valence-corrected chi connectivity index (χ4v) is 4.12. The molecule has 0 unspecified atom stereocenters. The molecule has 1 amide bonds. The number of hydrogen-bond donors (Lipinski definition) is 0. The van der Waals surface area contributed by atoms with Crippen molar-refractivity contribution in [2.45, 2.75) is 12.8 Å². The molecule has 0 radical (unpaired) electrons. The van der Waals surface area contributed by atoms with Crippen LogP contribution in [0.4, 0.5) is 5.69 Å². The van der Waals surface area contributed by atoms with Crippen LogP contribution < -0.4 is 14.4 Å². The van der Waals surface area contributed by atoms with Crippen LogP contribution in [0, 0.1) is 0 Å². The molecule has 6 nitrogen and oxygen atoms in total. The van der Waals surface area contributed by atoms with Gasteiger partial charge in [-0.15, -0.1) is 0 Å². The molecule has 0 spiro atoms. The molecule has 0 aromatic heterocycles. The molecule has 3 aromatic carbocycles. The fraction of sp³-hybridized carbons (Fsp3) is 0.200. The molecule has 2 aliphatic rings. The summed E-state index contributed by atoms with van der Waals surface area (Å²) in [5.41, 5.74) is 2.60. The van der Waals surface area contributed by atoms with Gasteiger partial charge in [0.2, 0.25) is 5.91 Å². The number of carbonyl (C=O) groups excluding carboxylic acids is 2. The maximum absolute atomic E-state index is 13.9. The zero-order valence-electron chi connectivity index (χ0n) is 17.0. The van der Waals surface area contributed by atoms with Crippen LogP contribution in [0.2, 0.25) is 0 Å². The number of esters is 1. The summed E-state index contributed by atoms with van der Waals surface area (Å²) in [6.45, 7) is 2.81. The maximum atomic E-state index is 13.9. The highest BCUT2D eigenvalue weighted by molar-refractivity contribution is 6.03. The van der Waals surface area contributed by atoms with Crippen molar-refractivity contribution < 1.29 is 23.8 Å². The van der Waals surface area contributed by atoms with E-state index in [0.29, 0.717) is 41.7 Å². The van der Waals surface area contributed by atoms with Crippen LogP contribution in [0.1, 0.15) is 34.3 Å². The zero-order chi connectivity index (χ0) is 21.4. The molecule has 31 heavy (non-hydrogen) atoms. The van der Waals surface area contributed by atoms with Crippen molar-refractivity contribution in [2.75, 3.05) is 24.7 Å². The first kappa shape index (κ1) is 19.2. The van der Waals surface area contributed by atoms with Crippen molar-refractivity contribution >= 4 is 17.6 Å². The van der Waals surface area contributed by atoms with E-state index in [1.165, 1.54) is 0 Å². The minimum atomic E-state index is -0.515. The first-order chi connectivity index (χ1) is 15.2. The lowest BCUT2D eigenvalue weighted by molar-refractivity contribution is -0.119. The number of benzene rings is 3. The van der Waals surface area contributed by atoms with Gasteiger partial charge in [-0.2, -0.15) is 0 Å². The third-order valence-corrected chi connectivity index (χ3v) is 5.53. The lowest BCUT2D eigenvalue weighted by Crippen LogP contribution is -2.41. The van der Waals surface area contributed by atoms with Gasteiger partial charge in [0.25, 0.3) is 0 Å². The minimum absolute atomic E-state index is 0.0891. The van der Waals surface area contributed by atoms with Crippen molar-refractivity contribution in [3.63, 3.8) is 0 Å². The second-order valence-electron chi connectivity index (χ2n) is 7.35. The number of amides is 1. The summed E-state index contributed by atoms with van der Waals surface area (Å²) in [6, 6.07) is 20.2. The molecule has 0 saturated heterocycles. The number of fused-ring (bicyclic) bond motifs is 3. The van der Waals surface area contributed by atoms with Gasteiger partial charge in [0.05, 0.1) is 30.3 Å². The summed E-state index contributed by atoms with van der Waals surface area (Å²) >= 11 is 0. The molecule has 6 heteroatoms. The Labute approximate surface area is 180 Å². The fourth-order valence-electron chi connectivity index (χ4n) is 4.12. The molecular formula is C25H21NO5. The average molecular weight is 415 g/mol. The lowest BCUT2D eigenvalue weighted by Gasteiger charge is -2.35. The topological polar surface area (TPSA) is 65.1 Å². The third kappa shape index (κ3) is 3.30. The molecule has 0 fully saturated rings. The van der Waals surface area contributed by atoms with Gasteiger partial charge in [0.15, 0.2) is 0 Å². The zero-order valence-corrected chi connectivity index (χ0v) is 17.0. The van der Waals surface area contributed by atoms with Gasteiger partial charge in [-0.3, -0.25) is 4.79 Å². The smallest absolute Gasteiger partial charge is 0.338 e. The van der Waals surface area contributed by atoms with E-state index in [1.807, 2.05) is 48.5 Å². The average Bonchev–Trinajstić information content (AvgIpc) is 2.81. The Morgan fingerprint density at radius 2 is 1.65 bits per heavy atom. The number of rotatable bonds is 3. The summed E-state index contributed by atoms with van der Waals surface area (Å²) in [7, 11) is 0. The second kappa shape index (κ2) is 7.80. The molecule has 3 aromatic rings. The molecular weight excluding hydrogens is 394 g/mol. The van der Waals surface area contributed by atoms with E-state index in [4.69, 9.17) is 14.2 Å². The summed E-state index contributed by atoms with van der Waals surface area (Å²) in [4.78, 5) is 27.9. The minimum Gasteiger partial charge on any atom is -0.490 e. The molecule has 5 rings (SSSR count). The first-order valence-corrected chi connectivity index (χ1v) is 10.3. The Balaban J connectivity index is 1.58. The molecule has 2 heterocycles. The van der Waals surface area contributed by atoms with E-state index in [0.717, 1.165) is 11.1 Å². The Hall–Kier alpha value is -3.80. The molecule has 156 valence electrons. The van der Waals surface area contributed by atoms with Crippen LogP contribution in [-0.4, -0.2) is 31.6 Å². The normalized spacial score (nSPS) is 14.4. The number of nitrogens with zero attached hydrogens (tertiary/aromatic N) is 1. The van der Waals surface area contributed by atoms with Crippen molar-refractivity contribution in [3.05, 3.63) is 83.4 Å². The summed E-state index contributed by atoms with van der Waals surface area (Å²) in [5, 5.41) is 0. The van der Waals surface area contributed by atoms with E-state index in [-0.39, 0.29) is 12.5 Å². The van der Waals surface area contributed by atoms with Gasteiger partial charge in [-0.1, -0.05) is 36.4 Å². The highest BCUT2D eigenvalue weighted by Crippen LogP contribution is 2.46. The van der Waals surface area contributed by atoms with E-state index < -0.39 is 11.9 Å². The summed E-state index contributed by atoms with van der Waals surface area (Å²) in [6.07, 6.45) is 0. The Morgan fingerprint density at radius 1 is 0.968 bits per heavy atom. The number of ether oxygens (including phenoxy) is 3. The largest absolute Gasteiger partial charge is 0.490 e. The van der Waals surface area contributed by atoms with Crippen molar-refractivity contribution in [1.29, 1.82) is 0 Å². The van der Waals surface area contributed by atoms with Crippen molar-refractivity contribution in [2.24, 2.45) is 0 Å². The SMILES string of the molecule is CCOC(=O)c1ccc2c(c1)N(C(=O)C1c3ccccc3Oc3ccccc31)CCO2. The van der Waals surface area contributed by atoms with E-state index >= 15 is 0 Å². The lowest BCUT2D eigenvalue weighted by atomic mass is 9.86. The van der Waals surface area contributed by atoms with Crippen LogP contribution in [0.15, 0.2) is 66.7 Å². The van der Waals surface area contributed by atoms with Crippen molar-refractivity contribution in [3.8, 4) is 17.2 Å². The quantitative estimate of drug-likeness (QED) is 0.588. The number of anilines is 1. The van der Waals surface area contributed by atoms with Crippen molar-refractivity contribution in [1.82, 2.24) is 0 Å². The van der Waals surface area contributed by atoms with Crippen LogP contribution in [0.25, 0.3) is 0 Å². The Kier molecular flexibility index (Phi) is 4.82. The molecule has 0 bridgehead atoms. The van der Waals surface area contributed by atoms with Crippen LogP contribution >= 0.6 is 0 Å². The molecule has 0 saturated carbocycles. The summed E-state index contributed by atoms with van der Waals surface area (Å²) < 4.78 is 16.9. The standard InChI is InChI=1S/C25H21NO5/c1-2-29-25(28)16-11-12-22-19(15-16)26(13-14-30-22)24(27)23-17-7-3-5-9-20(17)31-21-10-6-4-8-18(21)23/h3-12,15,23H,2,13-14H2,1H3. The molecule has 0 N–H and O–H groups in total. The highest BCUT2D eigenvalue weighted by atomic mass is 16.5. The third-order valence-electron chi connectivity index (χ3n) is 5.53. The van der Waals surface area contributed by atoms with Crippen LogP contribution in [0.5, 0.6) is 17.2 Å². The molecule has 0 atom stereocenters. The molecule has 0 aliphatic carbocycles. The first-order valence-electron chi connectivity index (χ1n) is 10.3. The predicted octanol–water partition coefficient (Wildman–Crippen LogP) is 4.53.